The molecule has 0 saturated carbocycles. The molecule has 1 aromatic carbocycles. The number of unbranched alkanes of at least 4 members (excludes halogenated alkanes) is 1. The van der Waals surface area contributed by atoms with Crippen molar-refractivity contribution >= 4 is 39.8 Å². The van der Waals surface area contributed by atoms with Crippen LogP contribution in [0.2, 0.25) is 0 Å². The summed E-state index contributed by atoms with van der Waals surface area (Å²) in [6.45, 7) is 10.5. The fourth-order valence-corrected chi connectivity index (χ4v) is 4.12. The van der Waals surface area contributed by atoms with Gasteiger partial charge in [-0.05, 0) is 82.3 Å². The maximum absolute atomic E-state index is 11.5. The Kier molecular flexibility index (Phi) is 12.9. The molecule has 8 heteroatoms. The van der Waals surface area contributed by atoms with Gasteiger partial charge < -0.3 is 15.5 Å². The van der Waals surface area contributed by atoms with Gasteiger partial charge in [-0.1, -0.05) is 19.1 Å². The molecule has 1 aliphatic rings. The molecule has 30 heavy (non-hydrogen) atoms. The molecule has 0 radical (unpaired) electrons. The van der Waals surface area contributed by atoms with Crippen LogP contribution < -0.4 is 10.6 Å². The first kappa shape index (κ1) is 27.2. The molecule has 1 heterocycles. The van der Waals surface area contributed by atoms with Crippen LogP contribution in [0.3, 0.4) is 0 Å². The van der Waals surface area contributed by atoms with Crippen LogP contribution in [-0.2, 0) is 16.3 Å². The fourth-order valence-electron chi connectivity index (χ4n) is 3.49. The van der Waals surface area contributed by atoms with E-state index in [0.29, 0.717) is 4.90 Å². The minimum atomic E-state index is -3.13. The van der Waals surface area contributed by atoms with Gasteiger partial charge in [-0.2, -0.15) is 0 Å². The Balaban J connectivity index is 0.00000450. The van der Waals surface area contributed by atoms with Gasteiger partial charge in [0.25, 0.3) is 0 Å². The SMILES string of the molecule is CCNC(=NCCCCN1CCC(C)CC1)NCCc1ccc(S(C)(=O)=O)cc1.I. The van der Waals surface area contributed by atoms with Crippen LogP contribution in [0.4, 0.5) is 0 Å². The van der Waals surface area contributed by atoms with Gasteiger partial charge in [0.05, 0.1) is 4.90 Å². The summed E-state index contributed by atoms with van der Waals surface area (Å²) < 4.78 is 23.1. The van der Waals surface area contributed by atoms with Crippen molar-refractivity contribution in [3.8, 4) is 0 Å². The van der Waals surface area contributed by atoms with Crippen LogP contribution in [0.25, 0.3) is 0 Å². The molecular formula is C22H39IN4O2S. The average molecular weight is 551 g/mol. The van der Waals surface area contributed by atoms with Crippen molar-refractivity contribution in [1.82, 2.24) is 15.5 Å². The van der Waals surface area contributed by atoms with Gasteiger partial charge in [0.15, 0.2) is 15.8 Å². The molecule has 1 fully saturated rings. The lowest BCUT2D eigenvalue weighted by Gasteiger charge is -2.30. The predicted molar refractivity (Wildman–Crippen MR) is 137 cm³/mol. The first-order valence-corrected chi connectivity index (χ1v) is 12.8. The van der Waals surface area contributed by atoms with Gasteiger partial charge in [-0.25, -0.2) is 8.42 Å². The highest BCUT2D eigenvalue weighted by molar-refractivity contribution is 14.0. The quantitative estimate of drug-likeness (QED) is 0.203. The first-order chi connectivity index (χ1) is 13.9. The molecule has 0 atom stereocenters. The highest BCUT2D eigenvalue weighted by atomic mass is 127. The smallest absolute Gasteiger partial charge is 0.191 e. The van der Waals surface area contributed by atoms with Crippen molar-refractivity contribution in [3.05, 3.63) is 29.8 Å². The van der Waals surface area contributed by atoms with Crippen molar-refractivity contribution in [3.63, 3.8) is 0 Å². The monoisotopic (exact) mass is 550 g/mol. The van der Waals surface area contributed by atoms with Crippen molar-refractivity contribution in [2.75, 3.05) is 45.5 Å². The third kappa shape index (κ3) is 10.4. The molecule has 1 aromatic rings. The summed E-state index contributed by atoms with van der Waals surface area (Å²) in [6.07, 6.45) is 7.03. The van der Waals surface area contributed by atoms with Crippen LogP contribution in [0, 0.1) is 5.92 Å². The molecule has 2 rings (SSSR count). The third-order valence-electron chi connectivity index (χ3n) is 5.43. The molecule has 0 amide bonds. The number of aliphatic imine (C=N–C) groups is 1. The van der Waals surface area contributed by atoms with E-state index in [1.807, 2.05) is 12.1 Å². The maximum Gasteiger partial charge on any atom is 0.191 e. The summed E-state index contributed by atoms with van der Waals surface area (Å²) in [5.41, 5.74) is 1.11. The summed E-state index contributed by atoms with van der Waals surface area (Å²) in [4.78, 5) is 7.63. The van der Waals surface area contributed by atoms with E-state index in [-0.39, 0.29) is 24.0 Å². The maximum atomic E-state index is 11.5. The Hall–Kier alpha value is -0.870. The Morgan fingerprint density at radius 1 is 1.13 bits per heavy atom. The highest BCUT2D eigenvalue weighted by Crippen LogP contribution is 2.16. The lowest BCUT2D eigenvalue weighted by atomic mass is 9.99. The second-order valence-corrected chi connectivity index (χ2v) is 10.1. The van der Waals surface area contributed by atoms with Gasteiger partial charge in [0.2, 0.25) is 0 Å². The number of likely N-dealkylation sites (tertiary alicyclic amines) is 1. The minimum Gasteiger partial charge on any atom is -0.357 e. The second-order valence-electron chi connectivity index (χ2n) is 8.08. The molecule has 0 aliphatic carbocycles. The number of benzene rings is 1. The van der Waals surface area contributed by atoms with E-state index in [1.54, 1.807) is 12.1 Å². The number of sulfone groups is 1. The summed E-state index contributed by atoms with van der Waals surface area (Å²) >= 11 is 0. The van der Waals surface area contributed by atoms with Gasteiger partial charge in [-0.15, -0.1) is 24.0 Å². The number of hydrogen-bond donors (Lipinski definition) is 2. The predicted octanol–water partition coefficient (Wildman–Crippen LogP) is 3.32. The fraction of sp³-hybridized carbons (Fsp3) is 0.682. The molecule has 0 unspecified atom stereocenters. The largest absolute Gasteiger partial charge is 0.357 e. The average Bonchev–Trinajstić information content (AvgIpc) is 2.69. The topological polar surface area (TPSA) is 73.8 Å². The van der Waals surface area contributed by atoms with E-state index in [2.05, 4.69) is 34.4 Å². The summed E-state index contributed by atoms with van der Waals surface area (Å²) in [5.74, 6) is 1.74. The second kappa shape index (κ2) is 14.2. The van der Waals surface area contributed by atoms with Crippen molar-refractivity contribution in [2.45, 2.75) is 50.8 Å². The Bertz CT molecular complexity index is 730. The molecule has 6 nitrogen and oxygen atoms in total. The molecule has 2 N–H and O–H groups in total. The van der Waals surface area contributed by atoms with Crippen LogP contribution in [0.5, 0.6) is 0 Å². The lowest BCUT2D eigenvalue weighted by molar-refractivity contribution is 0.190. The van der Waals surface area contributed by atoms with Crippen LogP contribution in [0.15, 0.2) is 34.2 Å². The van der Waals surface area contributed by atoms with Crippen LogP contribution in [0.1, 0.15) is 45.1 Å². The van der Waals surface area contributed by atoms with Crippen molar-refractivity contribution < 1.29 is 8.42 Å². The number of piperidine rings is 1. The van der Waals surface area contributed by atoms with E-state index >= 15 is 0 Å². The number of nitrogens with zero attached hydrogens (tertiary/aromatic N) is 2. The summed E-state index contributed by atoms with van der Waals surface area (Å²) in [7, 11) is -3.13. The van der Waals surface area contributed by atoms with E-state index in [0.717, 1.165) is 49.9 Å². The molecule has 172 valence electrons. The van der Waals surface area contributed by atoms with E-state index in [9.17, 15) is 8.42 Å². The number of guanidine groups is 1. The van der Waals surface area contributed by atoms with Gasteiger partial charge in [0.1, 0.15) is 0 Å². The summed E-state index contributed by atoms with van der Waals surface area (Å²) in [5, 5.41) is 6.66. The van der Waals surface area contributed by atoms with Gasteiger partial charge >= 0.3 is 0 Å². The Morgan fingerprint density at radius 3 is 2.40 bits per heavy atom. The standard InChI is InChI=1S/C22H38N4O2S.HI/c1-4-23-22(24-14-5-6-16-26-17-12-19(2)13-18-26)25-15-11-20-7-9-21(10-8-20)29(3,27)28;/h7-10,19H,4-6,11-18H2,1-3H3,(H2,23,24,25);1H. The van der Waals surface area contributed by atoms with E-state index in [4.69, 9.17) is 0 Å². The molecule has 0 aromatic heterocycles. The normalized spacial score (nSPS) is 16.2. The van der Waals surface area contributed by atoms with Crippen LogP contribution >= 0.6 is 24.0 Å². The van der Waals surface area contributed by atoms with Crippen molar-refractivity contribution in [2.24, 2.45) is 10.9 Å². The molecule has 0 spiro atoms. The Labute approximate surface area is 200 Å². The van der Waals surface area contributed by atoms with E-state index < -0.39 is 9.84 Å². The number of halogens is 1. The number of hydrogen-bond acceptors (Lipinski definition) is 4. The molecule has 0 bridgehead atoms. The first-order valence-electron chi connectivity index (χ1n) is 10.9. The number of rotatable bonds is 10. The molecule has 1 saturated heterocycles. The zero-order valence-electron chi connectivity index (χ0n) is 18.7. The van der Waals surface area contributed by atoms with Gasteiger partial charge in [-0.3, -0.25) is 4.99 Å². The zero-order valence-corrected chi connectivity index (χ0v) is 21.8. The Morgan fingerprint density at radius 2 is 1.80 bits per heavy atom. The lowest BCUT2D eigenvalue weighted by Crippen LogP contribution is -2.38. The minimum absolute atomic E-state index is 0. The van der Waals surface area contributed by atoms with E-state index in [1.165, 1.54) is 45.2 Å². The number of nitrogens with one attached hydrogen (secondary N) is 2. The molecule has 1 aliphatic heterocycles. The molecular weight excluding hydrogens is 511 g/mol. The third-order valence-corrected chi connectivity index (χ3v) is 6.56. The highest BCUT2D eigenvalue weighted by Gasteiger charge is 2.14. The zero-order chi connectivity index (χ0) is 21.1. The van der Waals surface area contributed by atoms with Crippen molar-refractivity contribution in [1.29, 1.82) is 0 Å². The summed E-state index contributed by atoms with van der Waals surface area (Å²) in [6, 6.07) is 7.10. The van der Waals surface area contributed by atoms with Gasteiger partial charge in [0, 0.05) is 25.9 Å². The van der Waals surface area contributed by atoms with Crippen LogP contribution in [-0.4, -0.2) is 64.8 Å².